The van der Waals surface area contributed by atoms with Crippen molar-refractivity contribution in [2.45, 2.75) is 51.4 Å². The molecule has 3 atom stereocenters. The van der Waals surface area contributed by atoms with Gasteiger partial charge in [0, 0.05) is 43.7 Å². The highest BCUT2D eigenvalue weighted by atomic mass is 19.4. The molecule has 3 aliphatic rings. The highest BCUT2D eigenvalue weighted by molar-refractivity contribution is 5.95. The van der Waals surface area contributed by atoms with Crippen molar-refractivity contribution in [3.05, 3.63) is 29.1 Å². The molecule has 0 radical (unpaired) electrons. The summed E-state index contributed by atoms with van der Waals surface area (Å²) in [4.78, 5) is 30.4. The van der Waals surface area contributed by atoms with Crippen LogP contribution < -0.4 is 0 Å². The molecule has 2 unspecified atom stereocenters. The number of alkyl halides is 3. The summed E-state index contributed by atoms with van der Waals surface area (Å²) >= 11 is 0. The highest BCUT2D eigenvalue weighted by Crippen LogP contribution is 2.53. The second kappa shape index (κ2) is 4.80. The molecule has 1 aliphatic carbocycles. The van der Waals surface area contributed by atoms with Gasteiger partial charge in [0.2, 0.25) is 5.91 Å². The van der Waals surface area contributed by atoms with E-state index >= 15 is 0 Å². The van der Waals surface area contributed by atoms with Gasteiger partial charge in [0.1, 0.15) is 5.78 Å². The number of amides is 1. The Morgan fingerprint density at radius 2 is 2.08 bits per heavy atom. The van der Waals surface area contributed by atoms with Gasteiger partial charge in [-0.3, -0.25) is 14.6 Å². The smallest absolute Gasteiger partial charge is 0.334 e. The standard InChI is InChI=1S/C17H17F3N2O2/c1-9-14-5-13-10(4-11(7-21-13)17(18,19)20)8-22(14)15(24)16(9)3-2-12(23)6-16/h4,7,9,14H,2-3,5-6,8H2,1H3/t9?,14?,16-/m0/s1. The summed E-state index contributed by atoms with van der Waals surface area (Å²) in [5.74, 6) is 0.0349. The molecule has 2 fully saturated rings. The maximum absolute atomic E-state index is 12.9. The number of pyridine rings is 1. The number of Topliss-reactive ketones (excluding diaryl/α,β-unsaturated/α-hetero) is 1. The van der Waals surface area contributed by atoms with Crippen LogP contribution in [0.25, 0.3) is 0 Å². The zero-order valence-electron chi connectivity index (χ0n) is 13.2. The van der Waals surface area contributed by atoms with Gasteiger partial charge in [0.15, 0.2) is 0 Å². The Morgan fingerprint density at radius 1 is 1.33 bits per heavy atom. The molecule has 7 heteroatoms. The fourth-order valence-corrected chi connectivity index (χ4v) is 4.60. The van der Waals surface area contributed by atoms with Crippen LogP contribution in [-0.4, -0.2) is 27.6 Å². The van der Waals surface area contributed by atoms with Crippen LogP contribution in [0, 0.1) is 11.3 Å². The van der Waals surface area contributed by atoms with Crippen molar-refractivity contribution in [1.82, 2.24) is 9.88 Å². The Balaban J connectivity index is 1.70. The van der Waals surface area contributed by atoms with E-state index in [2.05, 4.69) is 4.98 Å². The van der Waals surface area contributed by atoms with Gasteiger partial charge in [-0.1, -0.05) is 6.92 Å². The van der Waals surface area contributed by atoms with Crippen molar-refractivity contribution in [3.8, 4) is 0 Å². The van der Waals surface area contributed by atoms with Crippen molar-refractivity contribution < 1.29 is 22.8 Å². The molecule has 2 aliphatic heterocycles. The van der Waals surface area contributed by atoms with E-state index in [-0.39, 0.29) is 36.6 Å². The summed E-state index contributed by atoms with van der Waals surface area (Å²) in [5, 5.41) is 0. The summed E-state index contributed by atoms with van der Waals surface area (Å²) in [7, 11) is 0. The topological polar surface area (TPSA) is 50.3 Å². The average molecular weight is 338 g/mol. The maximum atomic E-state index is 12.9. The van der Waals surface area contributed by atoms with E-state index in [4.69, 9.17) is 0 Å². The molecule has 4 rings (SSSR count). The van der Waals surface area contributed by atoms with Crippen LogP contribution in [0.15, 0.2) is 12.3 Å². The molecule has 1 spiro atoms. The second-order valence-electron chi connectivity index (χ2n) is 7.19. The van der Waals surface area contributed by atoms with Crippen molar-refractivity contribution in [2.75, 3.05) is 0 Å². The van der Waals surface area contributed by atoms with Crippen molar-refractivity contribution >= 4 is 11.7 Å². The van der Waals surface area contributed by atoms with E-state index in [9.17, 15) is 22.8 Å². The SMILES string of the molecule is CC1C2Cc3ncc(C(F)(F)F)cc3CN2C(=O)[C@]12CCC(=O)C2. The normalized spacial score (nSPS) is 32.4. The van der Waals surface area contributed by atoms with E-state index in [1.165, 1.54) is 0 Å². The molecular formula is C17H17F3N2O2. The number of aromatic nitrogens is 1. The Morgan fingerprint density at radius 3 is 2.71 bits per heavy atom. The van der Waals surface area contributed by atoms with Gasteiger partial charge in [-0.25, -0.2) is 0 Å². The summed E-state index contributed by atoms with van der Waals surface area (Å²) < 4.78 is 38.7. The third-order valence-electron chi connectivity index (χ3n) is 6.03. The third kappa shape index (κ3) is 2.03. The number of carbonyl (C=O) groups is 2. The first-order chi connectivity index (χ1) is 11.2. The van der Waals surface area contributed by atoms with E-state index in [0.29, 0.717) is 30.5 Å². The van der Waals surface area contributed by atoms with Crippen LogP contribution in [0.5, 0.6) is 0 Å². The molecule has 1 aromatic heterocycles. The predicted molar refractivity (Wildman–Crippen MR) is 77.7 cm³/mol. The van der Waals surface area contributed by atoms with Gasteiger partial charge >= 0.3 is 6.18 Å². The van der Waals surface area contributed by atoms with Gasteiger partial charge in [0.25, 0.3) is 0 Å². The van der Waals surface area contributed by atoms with Crippen LogP contribution in [0.3, 0.4) is 0 Å². The highest BCUT2D eigenvalue weighted by Gasteiger charge is 2.60. The van der Waals surface area contributed by atoms with Crippen molar-refractivity contribution in [2.24, 2.45) is 11.3 Å². The van der Waals surface area contributed by atoms with Gasteiger partial charge in [0.05, 0.1) is 11.0 Å². The lowest BCUT2D eigenvalue weighted by atomic mass is 9.73. The molecule has 4 nitrogen and oxygen atoms in total. The molecule has 0 N–H and O–H groups in total. The molecule has 24 heavy (non-hydrogen) atoms. The number of hydrogen-bond acceptors (Lipinski definition) is 3. The van der Waals surface area contributed by atoms with Crippen LogP contribution >= 0.6 is 0 Å². The third-order valence-corrected chi connectivity index (χ3v) is 6.03. The Kier molecular flexibility index (Phi) is 3.12. The summed E-state index contributed by atoms with van der Waals surface area (Å²) in [6, 6.07) is 1.02. The first-order valence-electron chi connectivity index (χ1n) is 8.10. The number of nitrogens with zero attached hydrogens (tertiary/aromatic N) is 2. The predicted octanol–water partition coefficient (Wildman–Crippen LogP) is 2.74. The average Bonchev–Trinajstić information content (AvgIpc) is 3.01. The van der Waals surface area contributed by atoms with Gasteiger partial charge < -0.3 is 4.90 Å². The largest absolute Gasteiger partial charge is 0.417 e. The first-order valence-corrected chi connectivity index (χ1v) is 8.10. The number of fused-ring (bicyclic) bond motifs is 2. The number of carbonyl (C=O) groups excluding carboxylic acids is 2. The van der Waals surface area contributed by atoms with Crippen LogP contribution in [0.4, 0.5) is 13.2 Å². The lowest BCUT2D eigenvalue weighted by Gasteiger charge is -2.33. The van der Waals surface area contributed by atoms with Gasteiger partial charge in [-0.15, -0.1) is 0 Å². The van der Waals surface area contributed by atoms with Crippen LogP contribution in [0.1, 0.15) is 43.0 Å². The lowest BCUT2D eigenvalue weighted by molar-refractivity contribution is -0.138. The number of ketones is 1. The van der Waals surface area contributed by atoms with Crippen molar-refractivity contribution in [3.63, 3.8) is 0 Å². The minimum absolute atomic E-state index is 0.00805. The molecular weight excluding hydrogens is 321 g/mol. The summed E-state index contributed by atoms with van der Waals surface area (Å²) in [6.07, 6.45) is -1.89. The molecule has 0 bridgehead atoms. The zero-order valence-corrected chi connectivity index (χ0v) is 13.2. The fourth-order valence-electron chi connectivity index (χ4n) is 4.60. The van der Waals surface area contributed by atoms with Crippen LogP contribution in [0.2, 0.25) is 0 Å². The maximum Gasteiger partial charge on any atom is 0.417 e. The Labute approximate surface area is 137 Å². The molecule has 1 saturated carbocycles. The van der Waals surface area contributed by atoms with Gasteiger partial charge in [-0.2, -0.15) is 13.2 Å². The molecule has 0 aromatic carbocycles. The summed E-state index contributed by atoms with van der Waals surface area (Å²) in [5.41, 5.74) is -0.352. The number of rotatable bonds is 0. The minimum atomic E-state index is -4.44. The van der Waals surface area contributed by atoms with E-state index in [0.717, 1.165) is 12.3 Å². The van der Waals surface area contributed by atoms with Gasteiger partial charge in [-0.05, 0) is 24.0 Å². The second-order valence-corrected chi connectivity index (χ2v) is 7.19. The van der Waals surface area contributed by atoms with E-state index < -0.39 is 17.2 Å². The zero-order chi connectivity index (χ0) is 17.3. The van der Waals surface area contributed by atoms with Crippen molar-refractivity contribution in [1.29, 1.82) is 0 Å². The Hall–Kier alpha value is -1.92. The molecule has 1 saturated heterocycles. The molecule has 1 amide bonds. The summed E-state index contributed by atoms with van der Waals surface area (Å²) in [6.45, 7) is 2.13. The molecule has 128 valence electrons. The molecule has 3 heterocycles. The van der Waals surface area contributed by atoms with Crippen LogP contribution in [-0.2, 0) is 28.7 Å². The Bertz CT molecular complexity index is 746. The fraction of sp³-hybridized carbons (Fsp3) is 0.588. The lowest BCUT2D eigenvalue weighted by Crippen LogP contribution is -2.40. The quantitative estimate of drug-likeness (QED) is 0.731. The minimum Gasteiger partial charge on any atom is -0.334 e. The number of halogens is 3. The molecule has 1 aromatic rings. The van der Waals surface area contributed by atoms with E-state index in [1.54, 1.807) is 4.90 Å². The monoisotopic (exact) mass is 338 g/mol. The van der Waals surface area contributed by atoms with E-state index in [1.807, 2.05) is 6.92 Å². The first kappa shape index (κ1) is 15.6. The number of hydrogen-bond donors (Lipinski definition) is 0.